The maximum Gasteiger partial charge on any atom is 0.433 e. The Balaban J connectivity index is 1.22. The molecule has 13 heteroatoms. The van der Waals surface area contributed by atoms with Gasteiger partial charge in [-0.1, -0.05) is 6.07 Å². The number of hydrogen-bond donors (Lipinski definition) is 0. The zero-order valence-corrected chi connectivity index (χ0v) is 20.1. The Morgan fingerprint density at radius 1 is 1.24 bits per heavy atom. The van der Waals surface area contributed by atoms with Crippen LogP contribution < -0.4 is 24.8 Å². The summed E-state index contributed by atoms with van der Waals surface area (Å²) >= 11 is 0. The first-order valence-electron chi connectivity index (χ1n) is 11.9. The van der Waals surface area contributed by atoms with Crippen molar-refractivity contribution in [2.75, 3.05) is 25.2 Å². The van der Waals surface area contributed by atoms with E-state index in [0.717, 1.165) is 25.1 Å². The van der Waals surface area contributed by atoms with Crippen molar-refractivity contribution in [2.24, 2.45) is 0 Å². The van der Waals surface area contributed by atoms with Crippen molar-refractivity contribution in [3.63, 3.8) is 0 Å². The number of benzene rings is 1. The minimum atomic E-state index is -4.66. The van der Waals surface area contributed by atoms with Crippen molar-refractivity contribution in [2.45, 2.75) is 43.8 Å². The minimum absolute atomic E-state index is 0.0123. The number of rotatable bonds is 6. The number of fused-ring (bicyclic) bond motifs is 3. The van der Waals surface area contributed by atoms with Crippen LogP contribution in [0.15, 0.2) is 41.3 Å². The molecule has 0 aliphatic carbocycles. The standard InChI is InChI=1S/C25H22F4N4O5/c1-35-20-21(31-23(34)32-7-5-24-10-16(37-13-24)11-33(24)22(20)32)36-12-14-2-3-18(17(26)8-14)38-15-4-6-30-19(9-15)25(27,28)29/h2-4,6,8-9,16H,5,7,10-13H2,1H3/t16-,24-/m0/s1. The smallest absolute Gasteiger partial charge is 0.433 e. The normalized spacial score (nSPS) is 21.7. The average molecular weight is 534 g/mol. The van der Waals surface area contributed by atoms with E-state index in [1.54, 1.807) is 4.57 Å². The quantitative estimate of drug-likeness (QED) is 0.440. The first kappa shape index (κ1) is 24.5. The summed E-state index contributed by atoms with van der Waals surface area (Å²) in [7, 11) is 1.47. The molecule has 2 saturated heterocycles. The predicted octanol–water partition coefficient (Wildman–Crippen LogP) is 3.93. The van der Waals surface area contributed by atoms with E-state index in [-0.39, 0.29) is 35.6 Å². The minimum Gasteiger partial charge on any atom is -0.489 e. The van der Waals surface area contributed by atoms with Crippen LogP contribution in [0.2, 0.25) is 0 Å². The largest absolute Gasteiger partial charge is 0.489 e. The van der Waals surface area contributed by atoms with Crippen molar-refractivity contribution in [3.05, 3.63) is 64.1 Å². The molecule has 2 aromatic heterocycles. The Kier molecular flexibility index (Phi) is 5.70. The molecule has 6 rings (SSSR count). The Morgan fingerprint density at radius 2 is 2.08 bits per heavy atom. The summed E-state index contributed by atoms with van der Waals surface area (Å²) in [5.41, 5.74) is -1.42. The molecule has 0 unspecified atom stereocenters. The van der Waals surface area contributed by atoms with E-state index < -0.39 is 23.4 Å². The van der Waals surface area contributed by atoms with Crippen LogP contribution in [0.3, 0.4) is 0 Å². The number of aromatic nitrogens is 3. The second kappa shape index (κ2) is 8.86. The molecule has 2 bridgehead atoms. The fourth-order valence-electron chi connectivity index (χ4n) is 5.34. The van der Waals surface area contributed by atoms with Crippen molar-refractivity contribution < 1.29 is 36.5 Å². The zero-order chi connectivity index (χ0) is 26.7. The molecule has 1 aromatic carbocycles. The number of halogens is 4. The Bertz CT molecular complexity index is 1460. The van der Waals surface area contributed by atoms with E-state index >= 15 is 0 Å². The Morgan fingerprint density at radius 3 is 2.82 bits per heavy atom. The first-order chi connectivity index (χ1) is 18.2. The summed E-state index contributed by atoms with van der Waals surface area (Å²) in [6.45, 7) is 1.55. The maximum atomic E-state index is 14.7. The highest BCUT2D eigenvalue weighted by atomic mass is 19.4. The number of hydrogen-bond acceptors (Lipinski definition) is 8. The molecule has 3 aromatic rings. The first-order valence-corrected chi connectivity index (χ1v) is 11.9. The second-order valence-electron chi connectivity index (χ2n) is 9.46. The summed E-state index contributed by atoms with van der Waals surface area (Å²) in [5.74, 6) is -0.386. The van der Waals surface area contributed by atoms with E-state index in [2.05, 4.69) is 14.9 Å². The number of ether oxygens (including phenoxy) is 4. The van der Waals surface area contributed by atoms with Crippen LogP contribution in [0.5, 0.6) is 23.1 Å². The molecular weight excluding hydrogens is 512 g/mol. The lowest BCUT2D eigenvalue weighted by atomic mass is 9.92. The summed E-state index contributed by atoms with van der Waals surface area (Å²) in [6, 6.07) is 5.78. The van der Waals surface area contributed by atoms with E-state index in [4.69, 9.17) is 18.9 Å². The molecule has 5 heterocycles. The van der Waals surface area contributed by atoms with E-state index in [0.29, 0.717) is 42.9 Å². The Hall–Kier alpha value is -3.87. The van der Waals surface area contributed by atoms with Gasteiger partial charge < -0.3 is 23.8 Å². The third-order valence-corrected chi connectivity index (χ3v) is 7.12. The monoisotopic (exact) mass is 534 g/mol. The molecule has 0 N–H and O–H groups in total. The third kappa shape index (κ3) is 4.10. The number of morpholine rings is 1. The van der Waals surface area contributed by atoms with Gasteiger partial charge in [-0.2, -0.15) is 18.2 Å². The molecule has 1 spiro atoms. The van der Waals surface area contributed by atoms with Gasteiger partial charge in [0, 0.05) is 31.8 Å². The van der Waals surface area contributed by atoms with Gasteiger partial charge in [0.1, 0.15) is 18.1 Å². The molecule has 2 fully saturated rings. The molecule has 3 aliphatic rings. The molecule has 0 amide bonds. The molecule has 3 aliphatic heterocycles. The van der Waals surface area contributed by atoms with Gasteiger partial charge >= 0.3 is 11.9 Å². The predicted molar refractivity (Wildman–Crippen MR) is 124 cm³/mol. The van der Waals surface area contributed by atoms with Crippen LogP contribution in [0, 0.1) is 5.82 Å². The van der Waals surface area contributed by atoms with Crippen LogP contribution in [0.1, 0.15) is 24.1 Å². The molecule has 38 heavy (non-hydrogen) atoms. The van der Waals surface area contributed by atoms with Crippen molar-refractivity contribution in [1.29, 1.82) is 0 Å². The van der Waals surface area contributed by atoms with Crippen LogP contribution in [0.4, 0.5) is 23.4 Å². The van der Waals surface area contributed by atoms with E-state index in [9.17, 15) is 22.4 Å². The van der Waals surface area contributed by atoms with Gasteiger partial charge in [-0.25, -0.2) is 9.18 Å². The van der Waals surface area contributed by atoms with Crippen LogP contribution in [0.25, 0.3) is 0 Å². The summed E-state index contributed by atoms with van der Waals surface area (Å²) < 4.78 is 77.5. The fraction of sp³-hybridized carbons (Fsp3) is 0.400. The lowest BCUT2D eigenvalue weighted by molar-refractivity contribution is -0.141. The summed E-state index contributed by atoms with van der Waals surface area (Å²) in [5, 5.41) is 0. The third-order valence-electron chi connectivity index (χ3n) is 7.12. The topological polar surface area (TPSA) is 87.9 Å². The van der Waals surface area contributed by atoms with Crippen molar-refractivity contribution in [3.8, 4) is 23.1 Å². The molecule has 2 atom stereocenters. The van der Waals surface area contributed by atoms with Crippen molar-refractivity contribution in [1.82, 2.24) is 14.5 Å². The van der Waals surface area contributed by atoms with E-state index in [1.165, 1.54) is 25.3 Å². The molecule has 0 radical (unpaired) electrons. The highest BCUT2D eigenvalue weighted by Crippen LogP contribution is 2.50. The van der Waals surface area contributed by atoms with Gasteiger partial charge in [-0.3, -0.25) is 9.55 Å². The lowest BCUT2D eigenvalue weighted by Gasteiger charge is -2.44. The SMILES string of the molecule is COc1c(OCc2ccc(Oc3ccnc(C(F)(F)F)c3)c(F)c2)nc(=O)n2c1N1C[C@@H]3C[C@@]1(CC2)CO3. The van der Waals surface area contributed by atoms with Crippen LogP contribution in [-0.4, -0.2) is 46.4 Å². The summed E-state index contributed by atoms with van der Waals surface area (Å²) in [6.07, 6.45) is -1.98. The van der Waals surface area contributed by atoms with E-state index in [1.807, 2.05) is 0 Å². The van der Waals surface area contributed by atoms with Gasteiger partial charge in [0.25, 0.3) is 5.88 Å². The van der Waals surface area contributed by atoms with Crippen LogP contribution in [-0.2, 0) is 24.1 Å². The number of pyridine rings is 1. The lowest BCUT2D eigenvalue weighted by Crippen LogP contribution is -2.55. The Labute approximate surface area is 213 Å². The van der Waals surface area contributed by atoms with Crippen molar-refractivity contribution >= 4 is 5.82 Å². The number of nitrogens with zero attached hydrogens (tertiary/aromatic N) is 4. The van der Waals surface area contributed by atoms with Gasteiger partial charge in [-0.05, 0) is 30.2 Å². The molecule has 9 nitrogen and oxygen atoms in total. The number of anilines is 1. The number of methoxy groups -OCH3 is 1. The maximum absolute atomic E-state index is 14.7. The van der Waals surface area contributed by atoms with Gasteiger partial charge in [0.2, 0.25) is 5.75 Å². The second-order valence-corrected chi connectivity index (χ2v) is 9.46. The highest BCUT2D eigenvalue weighted by Gasteiger charge is 2.55. The van der Waals surface area contributed by atoms with Gasteiger partial charge in [0.15, 0.2) is 17.4 Å². The number of alkyl halides is 3. The average Bonchev–Trinajstić information content (AvgIpc) is 3.47. The summed E-state index contributed by atoms with van der Waals surface area (Å²) in [4.78, 5) is 22.3. The van der Waals surface area contributed by atoms with Gasteiger partial charge in [0.05, 0.1) is 25.4 Å². The zero-order valence-electron chi connectivity index (χ0n) is 20.1. The molecular formula is C25H22F4N4O5. The molecule has 200 valence electrons. The van der Waals surface area contributed by atoms with Gasteiger partial charge in [-0.15, -0.1) is 0 Å². The molecule has 0 saturated carbocycles. The fourth-order valence-corrected chi connectivity index (χ4v) is 5.34. The van der Waals surface area contributed by atoms with Crippen LogP contribution >= 0.6 is 0 Å². The highest BCUT2D eigenvalue weighted by molar-refractivity contribution is 5.62.